The number of amides is 1. The molecule has 1 rings (SSSR count). The van der Waals surface area contributed by atoms with Gasteiger partial charge in [-0.15, -0.1) is 0 Å². The number of carbonyl (C=O) groups is 1. The predicted molar refractivity (Wildman–Crippen MR) is 83.3 cm³/mol. The lowest BCUT2D eigenvalue weighted by molar-refractivity contribution is 0.0937. The van der Waals surface area contributed by atoms with Gasteiger partial charge in [0.05, 0.1) is 0 Å². The van der Waals surface area contributed by atoms with Crippen LogP contribution in [0.2, 0.25) is 0 Å². The fourth-order valence-corrected chi connectivity index (χ4v) is 1.58. The largest absolute Gasteiger partial charge is 0.389 e. The smallest absolute Gasteiger partial charge is 0.251 e. The van der Waals surface area contributed by atoms with Gasteiger partial charge < -0.3 is 11.1 Å². The fourth-order valence-electron chi connectivity index (χ4n) is 1.44. The van der Waals surface area contributed by atoms with Crippen molar-refractivity contribution in [3.63, 3.8) is 0 Å². The van der Waals surface area contributed by atoms with E-state index in [0.29, 0.717) is 23.0 Å². The summed E-state index contributed by atoms with van der Waals surface area (Å²) < 4.78 is 0. The third-order valence-electron chi connectivity index (χ3n) is 3.48. The van der Waals surface area contributed by atoms with Crippen molar-refractivity contribution in [2.45, 2.75) is 27.7 Å². The van der Waals surface area contributed by atoms with Crippen LogP contribution in [0.4, 0.5) is 0 Å². The van der Waals surface area contributed by atoms with Crippen LogP contribution < -0.4 is 11.1 Å². The van der Waals surface area contributed by atoms with Gasteiger partial charge in [0.15, 0.2) is 0 Å². The van der Waals surface area contributed by atoms with E-state index >= 15 is 0 Å². The molecule has 1 amide bonds. The highest BCUT2D eigenvalue weighted by atomic mass is 32.1. The molecule has 104 valence electrons. The highest BCUT2D eigenvalue weighted by Crippen LogP contribution is 2.24. The number of hydrogen-bond acceptors (Lipinski definition) is 2. The zero-order valence-corrected chi connectivity index (χ0v) is 12.8. The molecule has 0 fully saturated rings. The molecular formula is C15H22N2OS. The minimum Gasteiger partial charge on any atom is -0.389 e. The molecule has 0 saturated heterocycles. The highest BCUT2D eigenvalue weighted by Gasteiger charge is 2.20. The van der Waals surface area contributed by atoms with Gasteiger partial charge in [-0.05, 0) is 23.5 Å². The Labute approximate surface area is 120 Å². The molecule has 4 heteroatoms. The molecule has 0 radical (unpaired) electrons. The van der Waals surface area contributed by atoms with E-state index in [9.17, 15) is 4.79 Å². The molecule has 0 aliphatic carbocycles. The van der Waals surface area contributed by atoms with Gasteiger partial charge in [0.1, 0.15) is 4.99 Å². The molecular weight excluding hydrogens is 256 g/mol. The van der Waals surface area contributed by atoms with Crippen LogP contribution in [-0.2, 0) is 0 Å². The lowest BCUT2D eigenvalue weighted by Gasteiger charge is -2.27. The molecule has 1 aromatic carbocycles. The summed E-state index contributed by atoms with van der Waals surface area (Å²) in [5.41, 5.74) is 7.10. The van der Waals surface area contributed by atoms with Gasteiger partial charge in [0.2, 0.25) is 0 Å². The minimum absolute atomic E-state index is 0.0643. The van der Waals surface area contributed by atoms with E-state index in [1.807, 2.05) is 0 Å². The SMILES string of the molecule is CC(CNC(=O)c1ccc(C(N)=S)cc1)C(C)(C)C. The van der Waals surface area contributed by atoms with Crippen LogP contribution in [0.5, 0.6) is 0 Å². The molecule has 3 N–H and O–H groups in total. The van der Waals surface area contributed by atoms with Crippen LogP contribution in [0.15, 0.2) is 24.3 Å². The topological polar surface area (TPSA) is 55.1 Å². The molecule has 0 bridgehead atoms. The summed E-state index contributed by atoms with van der Waals surface area (Å²) in [7, 11) is 0. The number of carbonyl (C=O) groups excluding carboxylic acids is 1. The Kier molecular flexibility index (Phi) is 5.06. The summed E-state index contributed by atoms with van der Waals surface area (Å²) in [5, 5.41) is 2.95. The molecule has 0 aromatic heterocycles. The number of nitrogens with two attached hydrogens (primary N) is 1. The molecule has 0 heterocycles. The minimum atomic E-state index is -0.0643. The van der Waals surface area contributed by atoms with E-state index < -0.39 is 0 Å². The van der Waals surface area contributed by atoms with Crippen LogP contribution >= 0.6 is 12.2 Å². The van der Waals surface area contributed by atoms with Gasteiger partial charge in [-0.1, -0.05) is 52.0 Å². The first-order valence-electron chi connectivity index (χ1n) is 6.40. The monoisotopic (exact) mass is 278 g/mol. The van der Waals surface area contributed by atoms with E-state index in [0.717, 1.165) is 5.56 Å². The Morgan fingerprint density at radius 1 is 1.26 bits per heavy atom. The summed E-state index contributed by atoms with van der Waals surface area (Å²) in [4.78, 5) is 12.3. The van der Waals surface area contributed by atoms with Crippen LogP contribution in [0.3, 0.4) is 0 Å². The number of nitrogens with one attached hydrogen (secondary N) is 1. The molecule has 1 atom stereocenters. The average molecular weight is 278 g/mol. The van der Waals surface area contributed by atoms with E-state index in [2.05, 4.69) is 33.0 Å². The summed E-state index contributed by atoms with van der Waals surface area (Å²) >= 11 is 4.87. The van der Waals surface area contributed by atoms with Crippen molar-refractivity contribution in [1.82, 2.24) is 5.32 Å². The normalized spacial score (nSPS) is 12.8. The van der Waals surface area contributed by atoms with Crippen molar-refractivity contribution in [1.29, 1.82) is 0 Å². The first-order valence-corrected chi connectivity index (χ1v) is 6.80. The van der Waals surface area contributed by atoms with Crippen molar-refractivity contribution in [2.24, 2.45) is 17.1 Å². The Morgan fingerprint density at radius 2 is 1.74 bits per heavy atom. The molecule has 0 aliphatic rings. The summed E-state index contributed by atoms with van der Waals surface area (Å²) in [6.07, 6.45) is 0. The van der Waals surface area contributed by atoms with Gasteiger partial charge in [0.25, 0.3) is 5.91 Å². The molecule has 1 unspecified atom stereocenters. The second kappa shape index (κ2) is 6.15. The third-order valence-corrected chi connectivity index (χ3v) is 3.71. The Hall–Kier alpha value is -1.42. The maximum Gasteiger partial charge on any atom is 0.251 e. The molecule has 19 heavy (non-hydrogen) atoms. The van der Waals surface area contributed by atoms with E-state index in [4.69, 9.17) is 18.0 Å². The quantitative estimate of drug-likeness (QED) is 0.833. The molecule has 0 spiro atoms. The van der Waals surface area contributed by atoms with Gasteiger partial charge in [0, 0.05) is 17.7 Å². The number of rotatable bonds is 4. The second-order valence-electron chi connectivity index (χ2n) is 5.92. The Balaban J connectivity index is 2.61. The first-order chi connectivity index (χ1) is 8.71. The van der Waals surface area contributed by atoms with E-state index in [-0.39, 0.29) is 11.3 Å². The average Bonchev–Trinajstić information content (AvgIpc) is 2.34. The maximum atomic E-state index is 12.0. The van der Waals surface area contributed by atoms with Crippen LogP contribution in [0.1, 0.15) is 43.6 Å². The standard InChI is InChI=1S/C15H22N2OS/c1-10(15(2,3)4)9-17-14(18)12-7-5-11(6-8-12)13(16)19/h5-8,10H,9H2,1-4H3,(H2,16,19)(H,17,18). The highest BCUT2D eigenvalue weighted by molar-refractivity contribution is 7.80. The van der Waals surface area contributed by atoms with Crippen LogP contribution in [-0.4, -0.2) is 17.4 Å². The van der Waals surface area contributed by atoms with Crippen LogP contribution in [0.25, 0.3) is 0 Å². The molecule has 0 aliphatic heterocycles. The molecule has 3 nitrogen and oxygen atoms in total. The van der Waals surface area contributed by atoms with E-state index in [1.54, 1.807) is 24.3 Å². The van der Waals surface area contributed by atoms with Crippen LogP contribution in [0, 0.1) is 11.3 Å². The zero-order valence-electron chi connectivity index (χ0n) is 12.0. The van der Waals surface area contributed by atoms with Crippen molar-refractivity contribution in [2.75, 3.05) is 6.54 Å². The van der Waals surface area contributed by atoms with Crippen molar-refractivity contribution in [3.8, 4) is 0 Å². The van der Waals surface area contributed by atoms with Gasteiger partial charge in [-0.3, -0.25) is 4.79 Å². The number of benzene rings is 1. The molecule has 0 saturated carbocycles. The van der Waals surface area contributed by atoms with Crippen molar-refractivity contribution in [3.05, 3.63) is 35.4 Å². The third kappa shape index (κ3) is 4.63. The Bertz CT molecular complexity index is 460. The van der Waals surface area contributed by atoms with Gasteiger partial charge in [-0.2, -0.15) is 0 Å². The van der Waals surface area contributed by atoms with E-state index in [1.165, 1.54) is 0 Å². The van der Waals surface area contributed by atoms with Crippen molar-refractivity contribution >= 4 is 23.1 Å². The second-order valence-corrected chi connectivity index (χ2v) is 6.36. The summed E-state index contributed by atoms with van der Waals surface area (Å²) in [6, 6.07) is 7.02. The summed E-state index contributed by atoms with van der Waals surface area (Å²) in [5.74, 6) is 0.345. The maximum absolute atomic E-state index is 12.0. The van der Waals surface area contributed by atoms with Gasteiger partial charge >= 0.3 is 0 Å². The lowest BCUT2D eigenvalue weighted by Crippen LogP contribution is -2.33. The molecule has 1 aromatic rings. The zero-order chi connectivity index (χ0) is 14.6. The lowest BCUT2D eigenvalue weighted by atomic mass is 9.82. The fraction of sp³-hybridized carbons (Fsp3) is 0.467. The predicted octanol–water partition coefficient (Wildman–Crippen LogP) is 2.73. The Morgan fingerprint density at radius 3 is 2.16 bits per heavy atom. The summed E-state index contributed by atoms with van der Waals surface area (Å²) in [6.45, 7) is 9.30. The number of thiocarbonyl (C=S) groups is 1. The van der Waals surface area contributed by atoms with Crippen molar-refractivity contribution < 1.29 is 4.79 Å². The first kappa shape index (κ1) is 15.6. The number of hydrogen-bond donors (Lipinski definition) is 2. The van der Waals surface area contributed by atoms with Gasteiger partial charge in [-0.25, -0.2) is 0 Å².